The minimum Gasteiger partial charge on any atom is -0.368 e. The van der Waals surface area contributed by atoms with Gasteiger partial charge >= 0.3 is 0 Å². The SMILES string of the molecule is CC(C)S(=O)(=O)n1c(N)nc2ccc(-c3c(-c4ccccc4)nn4c3CCC4)cc21. The minimum atomic E-state index is -3.64. The van der Waals surface area contributed by atoms with Crippen molar-refractivity contribution in [3.8, 4) is 22.4 Å². The Hall–Kier alpha value is -3.13. The van der Waals surface area contributed by atoms with Crippen molar-refractivity contribution in [1.29, 1.82) is 0 Å². The number of benzene rings is 2. The van der Waals surface area contributed by atoms with Gasteiger partial charge in [0.05, 0.1) is 16.3 Å². The van der Waals surface area contributed by atoms with Crippen LogP contribution in [0.3, 0.4) is 0 Å². The van der Waals surface area contributed by atoms with Crippen molar-refractivity contribution in [2.24, 2.45) is 0 Å². The predicted molar refractivity (Wildman–Crippen MR) is 119 cm³/mol. The Morgan fingerprint density at radius 1 is 1.07 bits per heavy atom. The average molecular weight is 422 g/mol. The molecule has 3 heterocycles. The van der Waals surface area contributed by atoms with Gasteiger partial charge in [-0.1, -0.05) is 36.4 Å². The Kier molecular flexibility index (Phi) is 4.21. The van der Waals surface area contributed by atoms with Gasteiger partial charge < -0.3 is 5.73 Å². The fourth-order valence-electron chi connectivity index (χ4n) is 4.14. The van der Waals surface area contributed by atoms with Crippen LogP contribution in [0.1, 0.15) is 26.0 Å². The smallest absolute Gasteiger partial charge is 0.244 e. The van der Waals surface area contributed by atoms with Gasteiger partial charge in [-0.15, -0.1) is 0 Å². The number of imidazole rings is 1. The zero-order valence-electron chi connectivity index (χ0n) is 16.9. The van der Waals surface area contributed by atoms with E-state index in [9.17, 15) is 8.42 Å². The van der Waals surface area contributed by atoms with E-state index in [1.807, 2.05) is 48.5 Å². The van der Waals surface area contributed by atoms with E-state index in [2.05, 4.69) is 9.67 Å². The first-order valence-corrected chi connectivity index (χ1v) is 11.6. The van der Waals surface area contributed by atoms with E-state index in [0.717, 1.165) is 41.8 Å². The first kappa shape index (κ1) is 18.9. The molecule has 1 aliphatic heterocycles. The first-order valence-electron chi connectivity index (χ1n) is 10.1. The molecule has 0 radical (unpaired) electrons. The lowest BCUT2D eigenvalue weighted by molar-refractivity contribution is 0.580. The highest BCUT2D eigenvalue weighted by Crippen LogP contribution is 2.39. The maximum Gasteiger partial charge on any atom is 0.244 e. The second kappa shape index (κ2) is 6.70. The Bertz CT molecular complexity index is 1370. The van der Waals surface area contributed by atoms with Crippen LogP contribution in [0.4, 0.5) is 5.95 Å². The van der Waals surface area contributed by atoms with Crippen LogP contribution in [-0.2, 0) is 23.0 Å². The van der Waals surface area contributed by atoms with Gasteiger partial charge in [-0.25, -0.2) is 17.4 Å². The number of nitrogens with two attached hydrogens (primary N) is 1. The van der Waals surface area contributed by atoms with E-state index < -0.39 is 15.3 Å². The largest absolute Gasteiger partial charge is 0.368 e. The third kappa shape index (κ3) is 2.74. The van der Waals surface area contributed by atoms with E-state index in [0.29, 0.717) is 11.0 Å². The molecule has 2 aromatic heterocycles. The topological polar surface area (TPSA) is 95.8 Å². The third-order valence-electron chi connectivity index (χ3n) is 5.66. The summed E-state index contributed by atoms with van der Waals surface area (Å²) in [5, 5.41) is 4.26. The normalized spacial score (nSPS) is 14.0. The predicted octanol–water partition coefficient (Wildman–Crippen LogP) is 3.68. The second-order valence-electron chi connectivity index (χ2n) is 7.89. The molecule has 5 rings (SSSR count). The maximum atomic E-state index is 12.9. The number of anilines is 1. The molecule has 0 atom stereocenters. The van der Waals surface area contributed by atoms with E-state index in [1.54, 1.807) is 13.8 Å². The molecule has 2 N–H and O–H groups in total. The quantitative estimate of drug-likeness (QED) is 0.542. The number of rotatable bonds is 4. The molecule has 0 saturated carbocycles. The summed E-state index contributed by atoms with van der Waals surface area (Å²) >= 11 is 0. The van der Waals surface area contributed by atoms with Crippen LogP contribution < -0.4 is 5.73 Å². The van der Waals surface area contributed by atoms with Gasteiger partial charge in [-0.05, 0) is 44.4 Å². The minimum absolute atomic E-state index is 0.0145. The molecule has 0 amide bonds. The van der Waals surface area contributed by atoms with Crippen molar-refractivity contribution in [3.63, 3.8) is 0 Å². The molecule has 8 heteroatoms. The summed E-state index contributed by atoms with van der Waals surface area (Å²) in [5.41, 5.74) is 12.2. The molecule has 0 unspecified atom stereocenters. The van der Waals surface area contributed by atoms with Crippen molar-refractivity contribution in [2.45, 2.75) is 38.5 Å². The Morgan fingerprint density at radius 3 is 2.57 bits per heavy atom. The van der Waals surface area contributed by atoms with Crippen LogP contribution in [0.2, 0.25) is 0 Å². The number of hydrogen-bond donors (Lipinski definition) is 1. The number of nitrogens with zero attached hydrogens (tertiary/aromatic N) is 4. The Labute approximate surface area is 175 Å². The molecule has 7 nitrogen and oxygen atoms in total. The summed E-state index contributed by atoms with van der Waals surface area (Å²) in [7, 11) is -3.64. The standard InChI is InChI=1S/C22H23N5O2S/c1-14(2)30(28,29)27-19-13-16(10-11-17(19)24-22(27)23)20-18-9-6-12-26(18)25-21(20)15-7-4-3-5-8-15/h3-5,7-8,10-11,13-14H,6,9,12H2,1-2H3,(H2,23,24). The van der Waals surface area contributed by atoms with Crippen molar-refractivity contribution < 1.29 is 8.42 Å². The van der Waals surface area contributed by atoms with Crippen LogP contribution in [-0.4, -0.2) is 32.4 Å². The summed E-state index contributed by atoms with van der Waals surface area (Å²) in [5.74, 6) is -0.0145. The Morgan fingerprint density at radius 2 is 1.83 bits per heavy atom. The molecular weight excluding hydrogens is 398 g/mol. The Balaban J connectivity index is 1.78. The molecule has 154 valence electrons. The molecule has 0 bridgehead atoms. The lowest BCUT2D eigenvalue weighted by Gasteiger charge is -2.12. The average Bonchev–Trinajstić information content (AvgIpc) is 3.39. The summed E-state index contributed by atoms with van der Waals surface area (Å²) < 4.78 is 29.1. The molecule has 0 fully saturated rings. The summed E-state index contributed by atoms with van der Waals surface area (Å²) in [6.45, 7) is 4.18. The molecule has 0 saturated heterocycles. The fraction of sp³-hybridized carbons (Fsp3) is 0.273. The number of hydrogen-bond acceptors (Lipinski definition) is 5. The molecule has 0 spiro atoms. The summed E-state index contributed by atoms with van der Waals surface area (Å²) in [4.78, 5) is 4.28. The highest BCUT2D eigenvalue weighted by atomic mass is 32.2. The van der Waals surface area contributed by atoms with Gasteiger partial charge in [0.1, 0.15) is 5.69 Å². The second-order valence-corrected chi connectivity index (χ2v) is 10.2. The zero-order valence-corrected chi connectivity index (χ0v) is 17.7. The van der Waals surface area contributed by atoms with Crippen LogP contribution in [0.5, 0.6) is 0 Å². The van der Waals surface area contributed by atoms with Crippen molar-refractivity contribution in [2.75, 3.05) is 5.73 Å². The number of aromatic nitrogens is 4. The lowest BCUT2D eigenvalue weighted by Crippen LogP contribution is -2.23. The molecule has 2 aromatic carbocycles. The van der Waals surface area contributed by atoms with Crippen LogP contribution in [0.15, 0.2) is 48.5 Å². The number of nitrogen functional groups attached to an aromatic ring is 1. The lowest BCUT2D eigenvalue weighted by atomic mass is 9.97. The number of fused-ring (bicyclic) bond motifs is 2. The summed E-state index contributed by atoms with van der Waals surface area (Å²) in [6.07, 6.45) is 2.00. The van der Waals surface area contributed by atoms with Gasteiger partial charge in [0.2, 0.25) is 16.0 Å². The van der Waals surface area contributed by atoms with Crippen molar-refractivity contribution >= 4 is 27.0 Å². The molecule has 30 heavy (non-hydrogen) atoms. The van der Waals surface area contributed by atoms with Crippen LogP contribution >= 0.6 is 0 Å². The maximum absolute atomic E-state index is 12.9. The van der Waals surface area contributed by atoms with E-state index >= 15 is 0 Å². The van der Waals surface area contributed by atoms with Crippen LogP contribution in [0.25, 0.3) is 33.4 Å². The van der Waals surface area contributed by atoms with E-state index in [4.69, 9.17) is 10.8 Å². The summed E-state index contributed by atoms with van der Waals surface area (Å²) in [6, 6.07) is 15.8. The molecule has 0 aliphatic carbocycles. The third-order valence-corrected chi connectivity index (χ3v) is 7.75. The van der Waals surface area contributed by atoms with Gasteiger partial charge in [-0.2, -0.15) is 5.10 Å². The van der Waals surface area contributed by atoms with Crippen molar-refractivity contribution in [3.05, 3.63) is 54.2 Å². The zero-order chi connectivity index (χ0) is 21.0. The highest BCUT2D eigenvalue weighted by Gasteiger charge is 2.27. The van der Waals surface area contributed by atoms with Gasteiger partial charge in [0.25, 0.3) is 0 Å². The van der Waals surface area contributed by atoms with Gasteiger partial charge in [-0.3, -0.25) is 4.68 Å². The molecule has 1 aliphatic rings. The van der Waals surface area contributed by atoms with E-state index in [1.165, 1.54) is 9.67 Å². The molecule has 4 aromatic rings. The fourth-order valence-corrected chi connectivity index (χ4v) is 5.28. The van der Waals surface area contributed by atoms with Gasteiger partial charge in [0, 0.05) is 23.4 Å². The highest BCUT2D eigenvalue weighted by molar-refractivity contribution is 7.90. The van der Waals surface area contributed by atoms with Crippen molar-refractivity contribution in [1.82, 2.24) is 18.7 Å². The van der Waals surface area contributed by atoms with Crippen LogP contribution in [0, 0.1) is 0 Å². The monoisotopic (exact) mass is 421 g/mol. The number of aryl methyl sites for hydroxylation is 1. The molecular formula is C22H23N5O2S. The van der Waals surface area contributed by atoms with Gasteiger partial charge in [0.15, 0.2) is 0 Å². The first-order chi connectivity index (χ1) is 14.4. The van der Waals surface area contributed by atoms with E-state index in [-0.39, 0.29) is 5.95 Å².